The minimum Gasteiger partial charge on any atom is -0.491 e. The third-order valence-corrected chi connectivity index (χ3v) is 6.02. The average Bonchev–Trinajstić information content (AvgIpc) is 2.78. The molecule has 5 nitrogen and oxygen atoms in total. The molecule has 1 saturated carbocycles. The molecule has 1 amide bonds. The van der Waals surface area contributed by atoms with Crippen molar-refractivity contribution in [3.63, 3.8) is 0 Å². The number of fused-ring (bicyclic) bond motifs is 1. The van der Waals surface area contributed by atoms with Gasteiger partial charge in [-0.05, 0) is 49.1 Å². The van der Waals surface area contributed by atoms with Crippen LogP contribution in [-0.2, 0) is 4.74 Å². The lowest BCUT2D eigenvalue weighted by atomic mass is 9.76. The van der Waals surface area contributed by atoms with Gasteiger partial charge in [0.15, 0.2) is 0 Å². The van der Waals surface area contributed by atoms with Crippen LogP contribution in [0.1, 0.15) is 54.1 Å². The van der Waals surface area contributed by atoms with Gasteiger partial charge in [-0.2, -0.15) is 0 Å². The maximum atomic E-state index is 12.8. The molecule has 1 saturated heterocycles. The number of amides is 1. The largest absolute Gasteiger partial charge is 0.491 e. The summed E-state index contributed by atoms with van der Waals surface area (Å²) in [6.07, 6.45) is 5.35. The smallest absolute Gasteiger partial charge is 0.251 e. The molecule has 1 heterocycles. The fourth-order valence-corrected chi connectivity index (χ4v) is 4.62. The summed E-state index contributed by atoms with van der Waals surface area (Å²) in [4.78, 5) is 12.8. The predicted octanol–water partition coefficient (Wildman–Crippen LogP) is 3.88. The molecule has 4 rings (SSSR count). The monoisotopic (exact) mass is 395 g/mol. The van der Waals surface area contributed by atoms with E-state index in [9.17, 15) is 4.79 Å². The Hall–Kier alpha value is -2.37. The maximum absolute atomic E-state index is 12.8. The average molecular weight is 395 g/mol. The second kappa shape index (κ2) is 9.42. The number of benzene rings is 2. The van der Waals surface area contributed by atoms with Crippen LogP contribution in [0.25, 0.3) is 0 Å². The van der Waals surface area contributed by atoms with Gasteiger partial charge in [0.05, 0.1) is 18.8 Å². The summed E-state index contributed by atoms with van der Waals surface area (Å²) in [5, 5.41) is 12.3. The Morgan fingerprint density at radius 3 is 2.76 bits per heavy atom. The Balaban J connectivity index is 1.52. The van der Waals surface area contributed by atoms with Crippen LogP contribution in [0.5, 0.6) is 5.75 Å². The number of hydrogen-bond acceptors (Lipinski definition) is 4. The summed E-state index contributed by atoms with van der Waals surface area (Å²) in [6.45, 7) is 0.261. The standard InChI is InChI=1S/C24H29NO4/c26-13-14-28-19-10-6-9-18(15-19)23-16-21(20-11-4-5-12-22(20)29-23)25-24(27)17-7-2-1-3-8-17/h1-3,6-10,15,20-23,26H,4-5,11-14,16H2,(H,25,27)/t20-,21+,22+,23+/m0/s1. The van der Waals surface area contributed by atoms with Gasteiger partial charge in [0, 0.05) is 17.5 Å². The molecule has 29 heavy (non-hydrogen) atoms. The Morgan fingerprint density at radius 2 is 1.93 bits per heavy atom. The van der Waals surface area contributed by atoms with Crippen LogP contribution in [0.15, 0.2) is 54.6 Å². The number of carbonyl (C=O) groups is 1. The van der Waals surface area contributed by atoms with Crippen molar-refractivity contribution in [1.82, 2.24) is 5.32 Å². The van der Waals surface area contributed by atoms with Crippen LogP contribution in [0.4, 0.5) is 0 Å². The molecule has 2 aromatic carbocycles. The SMILES string of the molecule is O=C(N[C@@H]1C[C@H](c2cccc(OCCO)c2)O[C@@H]2CCCC[C@@H]12)c1ccccc1. The number of ether oxygens (including phenoxy) is 2. The van der Waals surface area contributed by atoms with Crippen molar-refractivity contribution in [2.45, 2.75) is 50.4 Å². The first-order chi connectivity index (χ1) is 14.2. The van der Waals surface area contributed by atoms with Crippen LogP contribution in [-0.4, -0.2) is 36.4 Å². The van der Waals surface area contributed by atoms with E-state index in [0.717, 1.165) is 30.6 Å². The number of carbonyl (C=O) groups excluding carboxylic acids is 1. The molecule has 5 heteroatoms. The summed E-state index contributed by atoms with van der Waals surface area (Å²) in [5.41, 5.74) is 1.76. The van der Waals surface area contributed by atoms with Gasteiger partial charge in [-0.25, -0.2) is 0 Å². The zero-order chi connectivity index (χ0) is 20.1. The van der Waals surface area contributed by atoms with Crippen LogP contribution >= 0.6 is 0 Å². The minimum absolute atomic E-state index is 0.0124. The van der Waals surface area contributed by atoms with Crippen molar-refractivity contribution in [2.24, 2.45) is 5.92 Å². The highest BCUT2D eigenvalue weighted by Crippen LogP contribution is 2.42. The van der Waals surface area contributed by atoms with Crippen molar-refractivity contribution in [2.75, 3.05) is 13.2 Å². The first kappa shape index (κ1) is 19.9. The molecule has 2 fully saturated rings. The minimum atomic E-state index is -0.0758. The van der Waals surface area contributed by atoms with E-state index in [-0.39, 0.29) is 37.4 Å². The summed E-state index contributed by atoms with van der Waals surface area (Å²) in [5.74, 6) is 1.08. The molecule has 0 aromatic heterocycles. The van der Waals surface area contributed by atoms with E-state index in [4.69, 9.17) is 14.6 Å². The van der Waals surface area contributed by atoms with Crippen LogP contribution in [0.2, 0.25) is 0 Å². The van der Waals surface area contributed by atoms with Crippen molar-refractivity contribution in [3.05, 3.63) is 65.7 Å². The third kappa shape index (κ3) is 4.80. The highest BCUT2D eigenvalue weighted by Gasteiger charge is 2.41. The Morgan fingerprint density at radius 1 is 1.10 bits per heavy atom. The van der Waals surface area contributed by atoms with Gasteiger partial charge in [0.25, 0.3) is 5.91 Å². The van der Waals surface area contributed by atoms with E-state index < -0.39 is 0 Å². The van der Waals surface area contributed by atoms with Gasteiger partial charge in [-0.15, -0.1) is 0 Å². The van der Waals surface area contributed by atoms with Gasteiger partial charge < -0.3 is 19.9 Å². The van der Waals surface area contributed by atoms with Crippen molar-refractivity contribution < 1.29 is 19.4 Å². The van der Waals surface area contributed by atoms with Crippen molar-refractivity contribution >= 4 is 5.91 Å². The highest BCUT2D eigenvalue weighted by atomic mass is 16.5. The molecule has 2 N–H and O–H groups in total. The van der Waals surface area contributed by atoms with Gasteiger partial charge in [-0.3, -0.25) is 4.79 Å². The van der Waals surface area contributed by atoms with Crippen molar-refractivity contribution in [3.8, 4) is 5.75 Å². The van der Waals surface area contributed by atoms with E-state index >= 15 is 0 Å². The highest BCUT2D eigenvalue weighted by molar-refractivity contribution is 5.94. The number of aliphatic hydroxyl groups excluding tert-OH is 1. The van der Waals surface area contributed by atoms with Crippen LogP contribution in [0, 0.1) is 5.92 Å². The fourth-order valence-electron chi connectivity index (χ4n) is 4.62. The molecule has 4 atom stereocenters. The lowest BCUT2D eigenvalue weighted by Gasteiger charge is -2.45. The molecular weight excluding hydrogens is 366 g/mol. The molecular formula is C24H29NO4. The molecule has 2 aliphatic rings. The quantitative estimate of drug-likeness (QED) is 0.779. The normalized spacial score (nSPS) is 26.4. The second-order valence-corrected chi connectivity index (χ2v) is 7.94. The molecule has 0 radical (unpaired) electrons. The molecule has 0 bridgehead atoms. The Bertz CT molecular complexity index is 810. The summed E-state index contributed by atoms with van der Waals surface area (Å²) >= 11 is 0. The van der Waals surface area contributed by atoms with E-state index in [1.165, 1.54) is 12.8 Å². The van der Waals surface area contributed by atoms with Gasteiger partial charge in [-0.1, -0.05) is 43.2 Å². The van der Waals surface area contributed by atoms with E-state index in [2.05, 4.69) is 11.4 Å². The lowest BCUT2D eigenvalue weighted by Crippen LogP contribution is -2.51. The summed E-state index contributed by atoms with van der Waals surface area (Å²) in [6, 6.07) is 17.4. The molecule has 154 valence electrons. The second-order valence-electron chi connectivity index (χ2n) is 7.94. The van der Waals surface area contributed by atoms with Crippen molar-refractivity contribution in [1.29, 1.82) is 0 Å². The zero-order valence-electron chi connectivity index (χ0n) is 16.6. The van der Waals surface area contributed by atoms with Crippen LogP contribution < -0.4 is 10.1 Å². The van der Waals surface area contributed by atoms with Gasteiger partial charge in [0.2, 0.25) is 0 Å². The van der Waals surface area contributed by atoms with Gasteiger partial charge >= 0.3 is 0 Å². The molecule has 2 aromatic rings. The number of hydrogen-bond donors (Lipinski definition) is 2. The molecule has 0 spiro atoms. The maximum Gasteiger partial charge on any atom is 0.251 e. The first-order valence-electron chi connectivity index (χ1n) is 10.6. The first-order valence-corrected chi connectivity index (χ1v) is 10.6. The third-order valence-electron chi connectivity index (χ3n) is 6.02. The summed E-state index contributed by atoms with van der Waals surface area (Å²) in [7, 11) is 0. The number of nitrogens with one attached hydrogen (secondary N) is 1. The Labute approximate surface area is 172 Å². The number of rotatable bonds is 6. The summed E-state index contributed by atoms with van der Waals surface area (Å²) < 4.78 is 12.1. The van der Waals surface area contributed by atoms with E-state index in [1.807, 2.05) is 48.5 Å². The molecule has 1 aliphatic carbocycles. The molecule has 0 unspecified atom stereocenters. The zero-order valence-corrected chi connectivity index (χ0v) is 16.6. The fraction of sp³-hybridized carbons (Fsp3) is 0.458. The van der Waals surface area contributed by atoms with Crippen LogP contribution in [0.3, 0.4) is 0 Å². The topological polar surface area (TPSA) is 67.8 Å². The lowest BCUT2D eigenvalue weighted by molar-refractivity contribution is -0.113. The molecule has 1 aliphatic heterocycles. The van der Waals surface area contributed by atoms with Gasteiger partial charge in [0.1, 0.15) is 12.4 Å². The predicted molar refractivity (Wildman–Crippen MR) is 111 cm³/mol. The van der Waals surface area contributed by atoms with E-state index in [0.29, 0.717) is 11.5 Å². The van der Waals surface area contributed by atoms with E-state index in [1.54, 1.807) is 0 Å². The number of aliphatic hydroxyl groups is 1. The Kier molecular flexibility index (Phi) is 6.47.